The molecule has 1 atom stereocenters. The first-order valence-electron chi connectivity index (χ1n) is 8.88. The molecule has 2 N–H and O–H groups in total. The van der Waals surface area contributed by atoms with Crippen molar-refractivity contribution in [3.63, 3.8) is 0 Å². The number of ether oxygens (including phenoxy) is 1. The Labute approximate surface area is 137 Å². The molecule has 4 heterocycles. The van der Waals surface area contributed by atoms with Gasteiger partial charge in [-0.05, 0) is 43.5 Å². The zero-order chi connectivity index (χ0) is 15.5. The highest BCUT2D eigenvalue weighted by Crippen LogP contribution is 2.31. The first kappa shape index (κ1) is 15.1. The van der Waals surface area contributed by atoms with Crippen LogP contribution in [0.3, 0.4) is 0 Å². The molecule has 0 aliphatic carbocycles. The van der Waals surface area contributed by atoms with Gasteiger partial charge in [0, 0.05) is 56.0 Å². The highest BCUT2D eigenvalue weighted by Gasteiger charge is 2.23. The second kappa shape index (κ2) is 6.99. The van der Waals surface area contributed by atoms with Crippen LogP contribution in [0.5, 0.6) is 0 Å². The van der Waals surface area contributed by atoms with Crippen molar-refractivity contribution in [2.75, 3.05) is 39.4 Å². The second-order valence-corrected chi connectivity index (χ2v) is 6.70. The number of hydrogen-bond acceptors (Lipinski definition) is 4. The molecule has 2 aliphatic heterocycles. The Morgan fingerprint density at radius 1 is 1.26 bits per heavy atom. The maximum atomic E-state index is 5.61. The summed E-state index contributed by atoms with van der Waals surface area (Å²) in [6.45, 7) is 7.11. The minimum absolute atomic E-state index is 0.580. The van der Waals surface area contributed by atoms with Gasteiger partial charge in [-0.25, -0.2) is 4.98 Å². The topological polar surface area (TPSA) is 53.2 Å². The van der Waals surface area contributed by atoms with Crippen molar-refractivity contribution in [1.82, 2.24) is 20.2 Å². The number of piperidine rings is 1. The third-order valence-corrected chi connectivity index (χ3v) is 5.11. The van der Waals surface area contributed by atoms with Crippen LogP contribution in [-0.4, -0.2) is 54.3 Å². The van der Waals surface area contributed by atoms with E-state index in [0.29, 0.717) is 5.92 Å². The van der Waals surface area contributed by atoms with E-state index in [0.717, 1.165) is 58.0 Å². The Kier molecular flexibility index (Phi) is 4.60. The average molecular weight is 314 g/mol. The molecule has 0 radical (unpaired) electrons. The summed E-state index contributed by atoms with van der Waals surface area (Å²) in [5.41, 5.74) is 3.88. The number of fused-ring (bicyclic) bond motifs is 1. The average Bonchev–Trinajstić information content (AvgIpc) is 2.78. The number of H-pyrrole nitrogens is 1. The van der Waals surface area contributed by atoms with Crippen LogP contribution in [0.2, 0.25) is 0 Å². The van der Waals surface area contributed by atoms with E-state index in [9.17, 15) is 0 Å². The Bertz CT molecular complexity index is 640. The molecular weight excluding hydrogens is 288 g/mol. The van der Waals surface area contributed by atoms with Gasteiger partial charge in [-0.2, -0.15) is 0 Å². The predicted octanol–water partition coefficient (Wildman–Crippen LogP) is 2.25. The molecule has 5 nitrogen and oxygen atoms in total. The molecule has 2 aromatic heterocycles. The highest BCUT2D eigenvalue weighted by molar-refractivity contribution is 5.81. The molecule has 2 aliphatic rings. The van der Waals surface area contributed by atoms with Gasteiger partial charge in [0.1, 0.15) is 5.65 Å². The van der Waals surface area contributed by atoms with Crippen LogP contribution >= 0.6 is 0 Å². The number of rotatable bonds is 3. The minimum Gasteiger partial charge on any atom is -0.380 e. The summed E-state index contributed by atoms with van der Waals surface area (Å²) in [5.74, 6) is 0.580. The Morgan fingerprint density at radius 3 is 3.17 bits per heavy atom. The van der Waals surface area contributed by atoms with Crippen molar-refractivity contribution in [1.29, 1.82) is 0 Å². The van der Waals surface area contributed by atoms with Gasteiger partial charge >= 0.3 is 0 Å². The number of hydrogen-bond donors (Lipinski definition) is 2. The van der Waals surface area contributed by atoms with Crippen LogP contribution in [-0.2, 0) is 11.3 Å². The summed E-state index contributed by atoms with van der Waals surface area (Å²) in [7, 11) is 0. The molecule has 2 aromatic rings. The first-order valence-corrected chi connectivity index (χ1v) is 8.88. The van der Waals surface area contributed by atoms with E-state index in [1.807, 2.05) is 12.3 Å². The summed E-state index contributed by atoms with van der Waals surface area (Å²) in [6, 6.07) is 4.26. The Morgan fingerprint density at radius 2 is 2.26 bits per heavy atom. The van der Waals surface area contributed by atoms with Crippen molar-refractivity contribution >= 4 is 11.0 Å². The smallest absolute Gasteiger partial charge is 0.137 e. The molecule has 4 rings (SSSR count). The van der Waals surface area contributed by atoms with E-state index in [1.54, 1.807) is 0 Å². The van der Waals surface area contributed by atoms with Crippen LogP contribution in [0, 0.1) is 0 Å². The van der Waals surface area contributed by atoms with Crippen molar-refractivity contribution in [3.8, 4) is 0 Å². The maximum Gasteiger partial charge on any atom is 0.137 e. The van der Waals surface area contributed by atoms with E-state index in [1.165, 1.54) is 29.5 Å². The predicted molar refractivity (Wildman–Crippen MR) is 91.7 cm³/mol. The number of pyridine rings is 1. The molecule has 23 heavy (non-hydrogen) atoms. The minimum atomic E-state index is 0.580. The lowest BCUT2D eigenvalue weighted by molar-refractivity contribution is 0.140. The number of nitrogens with zero attached hydrogens (tertiary/aromatic N) is 2. The lowest BCUT2D eigenvalue weighted by Gasteiger charge is -2.25. The molecule has 0 aromatic carbocycles. The molecule has 5 heteroatoms. The molecule has 0 saturated carbocycles. The number of aromatic nitrogens is 2. The number of aromatic amines is 1. The van der Waals surface area contributed by atoms with Crippen molar-refractivity contribution in [2.45, 2.75) is 31.7 Å². The second-order valence-electron chi connectivity index (χ2n) is 6.70. The van der Waals surface area contributed by atoms with E-state index >= 15 is 0 Å². The fourth-order valence-corrected chi connectivity index (χ4v) is 3.89. The van der Waals surface area contributed by atoms with Crippen LogP contribution in [0.15, 0.2) is 18.3 Å². The lowest BCUT2D eigenvalue weighted by Crippen LogP contribution is -2.30. The molecule has 0 unspecified atom stereocenters. The van der Waals surface area contributed by atoms with Gasteiger partial charge in [0.15, 0.2) is 0 Å². The first-order chi connectivity index (χ1) is 11.4. The zero-order valence-corrected chi connectivity index (χ0v) is 13.7. The third-order valence-electron chi connectivity index (χ3n) is 5.11. The molecule has 124 valence electrons. The largest absolute Gasteiger partial charge is 0.380 e. The summed E-state index contributed by atoms with van der Waals surface area (Å²) < 4.78 is 5.61. The SMILES string of the molecule is c1cnc2[nH]c([C@@H]3CCCNC3)c(CN3CCCOCC3)c2c1. The normalized spacial score (nSPS) is 23.9. The number of nitrogens with one attached hydrogen (secondary N) is 2. The molecule has 2 fully saturated rings. The fraction of sp³-hybridized carbons (Fsp3) is 0.611. The van der Waals surface area contributed by atoms with Gasteiger partial charge in [0.2, 0.25) is 0 Å². The molecule has 0 amide bonds. The Hall–Kier alpha value is -1.43. The highest BCUT2D eigenvalue weighted by atomic mass is 16.5. The maximum absolute atomic E-state index is 5.61. The van der Waals surface area contributed by atoms with Crippen molar-refractivity contribution in [3.05, 3.63) is 29.6 Å². The summed E-state index contributed by atoms with van der Waals surface area (Å²) >= 11 is 0. The van der Waals surface area contributed by atoms with Crippen LogP contribution in [0.4, 0.5) is 0 Å². The van der Waals surface area contributed by atoms with Crippen LogP contribution in [0.25, 0.3) is 11.0 Å². The zero-order valence-electron chi connectivity index (χ0n) is 13.7. The van der Waals surface area contributed by atoms with Crippen molar-refractivity contribution < 1.29 is 4.74 Å². The van der Waals surface area contributed by atoms with Gasteiger partial charge < -0.3 is 15.0 Å². The van der Waals surface area contributed by atoms with Gasteiger partial charge in [0.25, 0.3) is 0 Å². The molecule has 2 saturated heterocycles. The quantitative estimate of drug-likeness (QED) is 0.912. The standard InChI is InChI=1S/C18H26N4O/c1-4-14(12-19-6-1)17-16(13-22-8-3-10-23-11-9-22)15-5-2-7-20-18(15)21-17/h2,5,7,14,19H,1,3-4,6,8-13H2,(H,20,21)/t14-/m1/s1. The van der Waals surface area contributed by atoms with Gasteiger partial charge in [0.05, 0.1) is 6.61 Å². The van der Waals surface area contributed by atoms with E-state index in [-0.39, 0.29) is 0 Å². The Balaban J connectivity index is 1.67. The van der Waals surface area contributed by atoms with Gasteiger partial charge in [-0.1, -0.05) is 0 Å². The summed E-state index contributed by atoms with van der Waals surface area (Å²) in [4.78, 5) is 10.7. The van der Waals surface area contributed by atoms with Gasteiger partial charge in [-0.3, -0.25) is 4.90 Å². The third kappa shape index (κ3) is 3.27. The molecular formula is C18H26N4O. The lowest BCUT2D eigenvalue weighted by atomic mass is 9.93. The molecule has 0 bridgehead atoms. The van der Waals surface area contributed by atoms with Crippen molar-refractivity contribution in [2.24, 2.45) is 0 Å². The van der Waals surface area contributed by atoms with Gasteiger partial charge in [-0.15, -0.1) is 0 Å². The molecule has 0 spiro atoms. The fourth-order valence-electron chi connectivity index (χ4n) is 3.89. The summed E-state index contributed by atoms with van der Waals surface area (Å²) in [6.07, 6.45) is 5.52. The van der Waals surface area contributed by atoms with E-state index in [2.05, 4.69) is 26.3 Å². The van der Waals surface area contributed by atoms with E-state index in [4.69, 9.17) is 4.74 Å². The summed E-state index contributed by atoms with van der Waals surface area (Å²) in [5, 5.41) is 4.83. The van der Waals surface area contributed by atoms with E-state index < -0.39 is 0 Å². The van der Waals surface area contributed by atoms with Crippen LogP contribution < -0.4 is 5.32 Å². The van der Waals surface area contributed by atoms with Crippen LogP contribution in [0.1, 0.15) is 36.4 Å². The monoisotopic (exact) mass is 314 g/mol.